The van der Waals surface area contributed by atoms with E-state index in [1.54, 1.807) is 42.5 Å². The Bertz CT molecular complexity index is 1070. The van der Waals surface area contributed by atoms with E-state index in [1.165, 1.54) is 24.3 Å². The average Bonchev–Trinajstić information content (AvgIpc) is 2.93. The summed E-state index contributed by atoms with van der Waals surface area (Å²) in [4.78, 5) is 39.6. The number of carbonyl (C=O) groups excluding carboxylic acids is 3. The molecule has 3 aromatic rings. The zero-order valence-electron chi connectivity index (χ0n) is 13.8. The first-order chi connectivity index (χ1) is 13.0. The molecular weight excluding hydrogens is 413 g/mol. The summed E-state index contributed by atoms with van der Waals surface area (Å²) in [5.74, 6) is -1.83. The second-order valence-electron chi connectivity index (χ2n) is 5.99. The van der Waals surface area contributed by atoms with E-state index >= 15 is 0 Å². The molecule has 1 aliphatic rings. The van der Waals surface area contributed by atoms with E-state index in [4.69, 9.17) is 0 Å². The summed E-state index contributed by atoms with van der Waals surface area (Å²) in [6.45, 7) is 0. The van der Waals surface area contributed by atoms with Crippen molar-refractivity contribution < 1.29 is 18.8 Å². The number of rotatable bonds is 3. The van der Waals surface area contributed by atoms with Gasteiger partial charge in [-0.25, -0.2) is 9.29 Å². The third-order valence-electron chi connectivity index (χ3n) is 4.34. The zero-order chi connectivity index (χ0) is 19.1. The lowest BCUT2D eigenvalue weighted by molar-refractivity contribution is 0.0926. The van der Waals surface area contributed by atoms with Gasteiger partial charge >= 0.3 is 0 Å². The van der Waals surface area contributed by atoms with Crippen LogP contribution in [0.4, 0.5) is 10.1 Å². The molecule has 0 N–H and O–H groups in total. The Kier molecular flexibility index (Phi) is 4.20. The second-order valence-corrected chi connectivity index (χ2v) is 6.90. The molecule has 0 radical (unpaired) electrons. The lowest BCUT2D eigenvalue weighted by atomic mass is 10.0. The van der Waals surface area contributed by atoms with Crippen molar-refractivity contribution in [3.63, 3.8) is 0 Å². The molecule has 0 saturated carbocycles. The first kappa shape index (κ1) is 17.3. The Labute approximate surface area is 162 Å². The number of hydrogen-bond donors (Lipinski definition) is 0. The number of imide groups is 1. The van der Waals surface area contributed by atoms with Crippen molar-refractivity contribution in [1.82, 2.24) is 0 Å². The van der Waals surface area contributed by atoms with E-state index < -0.39 is 23.4 Å². The summed E-state index contributed by atoms with van der Waals surface area (Å²) >= 11 is 3.32. The van der Waals surface area contributed by atoms with Crippen molar-refractivity contribution in [2.24, 2.45) is 0 Å². The number of fused-ring (bicyclic) bond motifs is 1. The highest BCUT2D eigenvalue weighted by molar-refractivity contribution is 9.10. The molecule has 0 atom stereocenters. The quantitative estimate of drug-likeness (QED) is 0.456. The molecule has 0 fully saturated rings. The number of ketones is 1. The highest BCUT2D eigenvalue weighted by atomic mass is 79.9. The van der Waals surface area contributed by atoms with E-state index in [1.807, 2.05) is 0 Å². The smallest absolute Gasteiger partial charge is 0.266 e. The van der Waals surface area contributed by atoms with Gasteiger partial charge in [0.25, 0.3) is 11.8 Å². The fourth-order valence-corrected chi connectivity index (χ4v) is 3.41. The van der Waals surface area contributed by atoms with Crippen LogP contribution in [0.15, 0.2) is 71.2 Å². The van der Waals surface area contributed by atoms with Crippen LogP contribution in [0.1, 0.15) is 36.6 Å². The summed E-state index contributed by atoms with van der Waals surface area (Å²) in [6.07, 6.45) is 0. The molecule has 132 valence electrons. The molecule has 0 spiro atoms. The van der Waals surface area contributed by atoms with Crippen molar-refractivity contribution >= 4 is 39.2 Å². The van der Waals surface area contributed by atoms with Gasteiger partial charge in [0.2, 0.25) is 0 Å². The van der Waals surface area contributed by atoms with E-state index in [2.05, 4.69) is 15.9 Å². The SMILES string of the molecule is O=C(c1ccc(F)cc1)c1cc(Br)ccc1N1C(=O)c2ccccc2C1=O. The standard InChI is InChI=1S/C21H11BrFNO3/c22-13-7-10-18(17(11-13)19(25)12-5-8-14(23)9-6-12)24-20(26)15-3-1-2-4-16(15)21(24)27/h1-11H. The molecule has 6 heteroatoms. The molecule has 2 amide bonds. The molecule has 3 aromatic carbocycles. The molecule has 4 rings (SSSR count). The normalized spacial score (nSPS) is 13.0. The number of benzene rings is 3. The summed E-state index contributed by atoms with van der Waals surface area (Å²) in [5, 5.41) is 0. The third kappa shape index (κ3) is 2.88. The van der Waals surface area contributed by atoms with Gasteiger partial charge in [-0.3, -0.25) is 14.4 Å². The summed E-state index contributed by atoms with van der Waals surface area (Å²) in [5.41, 5.74) is 1.22. The molecule has 0 aromatic heterocycles. The van der Waals surface area contributed by atoms with Crippen LogP contribution in [-0.4, -0.2) is 17.6 Å². The highest BCUT2D eigenvalue weighted by Crippen LogP contribution is 2.33. The van der Waals surface area contributed by atoms with Gasteiger partial charge in [0.05, 0.1) is 16.8 Å². The van der Waals surface area contributed by atoms with Crippen LogP contribution < -0.4 is 4.90 Å². The molecule has 0 bridgehead atoms. The Balaban J connectivity index is 1.84. The Hall–Kier alpha value is -3.12. The van der Waals surface area contributed by atoms with Crippen LogP contribution in [0.25, 0.3) is 0 Å². The predicted molar refractivity (Wildman–Crippen MR) is 102 cm³/mol. The number of nitrogens with zero attached hydrogens (tertiary/aromatic N) is 1. The molecule has 4 nitrogen and oxygen atoms in total. The predicted octanol–water partition coefficient (Wildman–Crippen LogP) is 4.62. The van der Waals surface area contributed by atoms with Crippen molar-refractivity contribution in [3.8, 4) is 0 Å². The third-order valence-corrected chi connectivity index (χ3v) is 4.84. The maximum Gasteiger partial charge on any atom is 0.266 e. The van der Waals surface area contributed by atoms with Gasteiger partial charge in [-0.2, -0.15) is 0 Å². The topological polar surface area (TPSA) is 54.5 Å². The fourth-order valence-electron chi connectivity index (χ4n) is 3.05. The summed E-state index contributed by atoms with van der Waals surface area (Å²) in [7, 11) is 0. The van der Waals surface area contributed by atoms with E-state index in [0.29, 0.717) is 15.6 Å². The number of amides is 2. The number of carbonyl (C=O) groups is 3. The van der Waals surface area contributed by atoms with E-state index in [0.717, 1.165) is 4.90 Å². The largest absolute Gasteiger partial charge is 0.289 e. The first-order valence-electron chi connectivity index (χ1n) is 8.05. The molecule has 27 heavy (non-hydrogen) atoms. The van der Waals surface area contributed by atoms with Crippen LogP contribution >= 0.6 is 15.9 Å². The number of anilines is 1. The summed E-state index contributed by atoms with van der Waals surface area (Å²) < 4.78 is 13.8. The highest BCUT2D eigenvalue weighted by Gasteiger charge is 2.38. The van der Waals surface area contributed by atoms with Crippen LogP contribution in [-0.2, 0) is 0 Å². The van der Waals surface area contributed by atoms with E-state index in [-0.39, 0.29) is 16.8 Å². The van der Waals surface area contributed by atoms with Gasteiger partial charge in [0.15, 0.2) is 5.78 Å². The van der Waals surface area contributed by atoms with Gasteiger partial charge in [-0.05, 0) is 54.6 Å². The molecule has 1 heterocycles. The van der Waals surface area contributed by atoms with Crippen molar-refractivity contribution in [2.75, 3.05) is 4.90 Å². The van der Waals surface area contributed by atoms with Crippen molar-refractivity contribution in [1.29, 1.82) is 0 Å². The average molecular weight is 424 g/mol. The van der Waals surface area contributed by atoms with Gasteiger partial charge < -0.3 is 0 Å². The molecule has 0 saturated heterocycles. The Morgan fingerprint density at radius 3 is 2.04 bits per heavy atom. The minimum Gasteiger partial charge on any atom is -0.289 e. The van der Waals surface area contributed by atoms with Gasteiger partial charge in [0.1, 0.15) is 5.82 Å². The van der Waals surface area contributed by atoms with Gasteiger partial charge in [-0.1, -0.05) is 28.1 Å². The lowest BCUT2D eigenvalue weighted by Gasteiger charge is -2.18. The maximum absolute atomic E-state index is 13.2. The lowest BCUT2D eigenvalue weighted by Crippen LogP contribution is -2.31. The molecular formula is C21H11BrFNO3. The fraction of sp³-hybridized carbons (Fsp3) is 0. The van der Waals surface area contributed by atoms with Crippen LogP contribution in [0, 0.1) is 5.82 Å². The minimum atomic E-state index is -0.480. The molecule has 0 aliphatic carbocycles. The molecule has 0 unspecified atom stereocenters. The second kappa shape index (κ2) is 6.55. The van der Waals surface area contributed by atoms with Crippen molar-refractivity contribution in [3.05, 3.63) is 99.3 Å². The number of halogens is 2. The Morgan fingerprint density at radius 1 is 0.852 bits per heavy atom. The summed E-state index contributed by atoms with van der Waals surface area (Å²) in [6, 6.07) is 16.4. The van der Waals surface area contributed by atoms with Gasteiger partial charge in [-0.15, -0.1) is 0 Å². The van der Waals surface area contributed by atoms with Crippen molar-refractivity contribution in [2.45, 2.75) is 0 Å². The van der Waals surface area contributed by atoms with Crippen LogP contribution in [0.3, 0.4) is 0 Å². The monoisotopic (exact) mass is 423 g/mol. The van der Waals surface area contributed by atoms with E-state index in [9.17, 15) is 18.8 Å². The van der Waals surface area contributed by atoms with Crippen LogP contribution in [0.5, 0.6) is 0 Å². The number of hydrogen-bond acceptors (Lipinski definition) is 3. The zero-order valence-corrected chi connectivity index (χ0v) is 15.4. The van der Waals surface area contributed by atoms with Gasteiger partial charge in [0, 0.05) is 15.6 Å². The Morgan fingerprint density at radius 2 is 1.44 bits per heavy atom. The first-order valence-corrected chi connectivity index (χ1v) is 8.84. The minimum absolute atomic E-state index is 0.172. The van der Waals surface area contributed by atoms with Crippen LogP contribution in [0.2, 0.25) is 0 Å². The molecule has 1 aliphatic heterocycles. The maximum atomic E-state index is 13.2.